The van der Waals surface area contributed by atoms with Crippen molar-refractivity contribution in [2.75, 3.05) is 25.1 Å². The summed E-state index contributed by atoms with van der Waals surface area (Å²) in [5, 5.41) is 18.8. The Morgan fingerprint density at radius 2 is 1.95 bits per heavy atom. The molecule has 2 heterocycles. The summed E-state index contributed by atoms with van der Waals surface area (Å²) in [7, 11) is -4.36. The van der Waals surface area contributed by atoms with Crippen molar-refractivity contribution in [2.45, 2.75) is 42.7 Å². The minimum absolute atomic E-state index is 0.0771. The molecule has 14 heteroatoms. The molecule has 5 N–H and O–H groups in total. The first kappa shape index (κ1) is 26.3. The lowest BCUT2D eigenvalue weighted by Crippen LogP contribution is -2.68. The predicted octanol–water partition coefficient (Wildman–Crippen LogP) is 1.28. The summed E-state index contributed by atoms with van der Waals surface area (Å²) in [6.07, 6.45) is 5.84. The summed E-state index contributed by atoms with van der Waals surface area (Å²) in [6, 6.07) is 8.40. The number of hydrogen-bond donors (Lipinski definition) is 5. The predicted molar refractivity (Wildman–Crippen MR) is 130 cm³/mol. The number of carboxylic acids is 1. The van der Waals surface area contributed by atoms with Gasteiger partial charge in [-0.15, -0.1) is 0 Å². The van der Waals surface area contributed by atoms with Gasteiger partial charge in [-0.05, 0) is 44.2 Å². The Hall–Kier alpha value is -3.75. The highest BCUT2D eigenvalue weighted by Crippen LogP contribution is 2.20. The van der Waals surface area contributed by atoms with Gasteiger partial charge in [0.05, 0.1) is 23.4 Å². The van der Waals surface area contributed by atoms with Crippen molar-refractivity contribution in [3.63, 3.8) is 0 Å². The van der Waals surface area contributed by atoms with E-state index in [1.807, 2.05) is 0 Å². The maximum Gasteiger partial charge on any atom is 0.348 e. The summed E-state index contributed by atoms with van der Waals surface area (Å²) >= 11 is 0. The first-order chi connectivity index (χ1) is 17.8. The fourth-order valence-corrected chi connectivity index (χ4v) is 5.16. The molecule has 37 heavy (non-hydrogen) atoms. The first-order valence-electron chi connectivity index (χ1n) is 11.7. The number of aromatic amines is 1. The van der Waals surface area contributed by atoms with Crippen molar-refractivity contribution in [1.82, 2.24) is 25.2 Å². The highest BCUT2D eigenvalue weighted by atomic mass is 32.2. The third-order valence-electron chi connectivity index (χ3n) is 5.75. The summed E-state index contributed by atoms with van der Waals surface area (Å²) < 4.78 is 38.3. The number of H-pyrrole nitrogens is 1. The third-order valence-corrected chi connectivity index (χ3v) is 7.26. The molecular formula is C23H28N6O7S. The van der Waals surface area contributed by atoms with Crippen LogP contribution in [0.15, 0.2) is 52.0 Å². The Labute approximate surface area is 213 Å². The third kappa shape index (κ3) is 6.53. The number of carboxylic acid groups (broad SMARTS) is 1. The van der Waals surface area contributed by atoms with Crippen LogP contribution in [0.5, 0.6) is 0 Å². The summed E-state index contributed by atoms with van der Waals surface area (Å²) in [5.41, 5.74) is -0.305. The van der Waals surface area contributed by atoms with Crippen molar-refractivity contribution in [2.24, 2.45) is 0 Å². The number of ether oxygens (including phenoxy) is 1. The van der Waals surface area contributed by atoms with Crippen LogP contribution in [-0.2, 0) is 32.4 Å². The number of aryl methyl sites for hydroxylation is 2. The first-order valence-corrected chi connectivity index (χ1v) is 13.2. The van der Waals surface area contributed by atoms with Gasteiger partial charge in [0, 0.05) is 24.9 Å². The van der Waals surface area contributed by atoms with Gasteiger partial charge < -0.3 is 30.0 Å². The molecule has 1 atom stereocenters. The molecule has 0 fully saturated rings. The Kier molecular flexibility index (Phi) is 8.21. The van der Waals surface area contributed by atoms with Crippen LogP contribution in [0.25, 0.3) is 0 Å². The number of carbonyl (C=O) groups excluding carboxylic acids is 1. The number of aliphatic carboxylic acids is 1. The molecule has 0 bridgehead atoms. The van der Waals surface area contributed by atoms with E-state index in [0.29, 0.717) is 18.9 Å². The average molecular weight is 533 g/mol. The Morgan fingerprint density at radius 3 is 2.65 bits per heavy atom. The van der Waals surface area contributed by atoms with E-state index in [4.69, 9.17) is 9.26 Å². The van der Waals surface area contributed by atoms with Gasteiger partial charge in [0.2, 0.25) is 27.4 Å². The minimum Gasteiger partial charge on any atom is -0.478 e. The molecule has 1 aromatic carbocycles. The highest BCUT2D eigenvalue weighted by molar-refractivity contribution is 7.89. The fourth-order valence-electron chi connectivity index (χ4n) is 3.87. The molecule has 1 aliphatic carbocycles. The topological polar surface area (TPSA) is 189 Å². The lowest BCUT2D eigenvalue weighted by atomic mass is 10.0. The lowest BCUT2D eigenvalue weighted by Gasteiger charge is -2.30. The second-order valence-corrected chi connectivity index (χ2v) is 10.2. The monoisotopic (exact) mass is 532 g/mol. The largest absolute Gasteiger partial charge is 0.478 e. The van der Waals surface area contributed by atoms with E-state index in [9.17, 15) is 23.1 Å². The highest BCUT2D eigenvalue weighted by Gasteiger charge is 2.45. The van der Waals surface area contributed by atoms with Gasteiger partial charge in [-0.25, -0.2) is 18.2 Å². The number of fused-ring (bicyclic) bond motifs is 1. The second kappa shape index (κ2) is 11.5. The quantitative estimate of drug-likeness (QED) is 0.158. The van der Waals surface area contributed by atoms with Crippen LogP contribution in [0, 0.1) is 0 Å². The van der Waals surface area contributed by atoms with Crippen LogP contribution in [0.2, 0.25) is 0 Å². The van der Waals surface area contributed by atoms with E-state index in [-0.39, 0.29) is 17.3 Å². The van der Waals surface area contributed by atoms with Gasteiger partial charge in [0.1, 0.15) is 0 Å². The van der Waals surface area contributed by atoms with E-state index >= 15 is 0 Å². The molecular weight excluding hydrogens is 504 g/mol. The van der Waals surface area contributed by atoms with Crippen molar-refractivity contribution < 1.29 is 32.4 Å². The number of nitrogens with one attached hydrogen (secondary N) is 4. The van der Waals surface area contributed by atoms with Crippen molar-refractivity contribution in [3.8, 4) is 0 Å². The zero-order chi connectivity index (χ0) is 26.3. The number of imidazole rings is 1. The summed E-state index contributed by atoms with van der Waals surface area (Å²) in [5.74, 6) is -2.28. The molecule has 0 saturated heterocycles. The van der Waals surface area contributed by atoms with Gasteiger partial charge in [0.25, 0.3) is 5.91 Å². The maximum absolute atomic E-state index is 13.0. The molecule has 4 rings (SSSR count). The van der Waals surface area contributed by atoms with E-state index in [1.54, 1.807) is 6.07 Å². The number of sulfonamides is 1. The van der Waals surface area contributed by atoms with Crippen molar-refractivity contribution in [1.29, 1.82) is 0 Å². The number of amides is 1. The molecule has 1 amide bonds. The molecule has 13 nitrogen and oxygen atoms in total. The molecule has 0 saturated carbocycles. The molecule has 198 valence electrons. The van der Waals surface area contributed by atoms with E-state index < -0.39 is 34.2 Å². The minimum atomic E-state index is -4.36. The normalized spacial score (nSPS) is 14.9. The zero-order valence-corrected chi connectivity index (χ0v) is 20.7. The summed E-state index contributed by atoms with van der Waals surface area (Å²) in [4.78, 5) is 32.6. The Morgan fingerprint density at radius 1 is 1.16 bits per heavy atom. The molecule has 1 aliphatic rings. The van der Waals surface area contributed by atoms with Crippen molar-refractivity contribution in [3.05, 3.63) is 59.7 Å². The number of anilines is 1. The number of rotatable bonds is 13. The average Bonchev–Trinajstić information content (AvgIpc) is 3.56. The van der Waals surface area contributed by atoms with Gasteiger partial charge >= 0.3 is 5.97 Å². The fraction of sp³-hybridized carbons (Fsp3) is 0.391. The zero-order valence-electron chi connectivity index (χ0n) is 19.9. The van der Waals surface area contributed by atoms with E-state index in [2.05, 4.69) is 30.5 Å². The van der Waals surface area contributed by atoms with E-state index in [0.717, 1.165) is 37.1 Å². The number of benzene rings is 1. The van der Waals surface area contributed by atoms with Crippen LogP contribution < -0.4 is 15.4 Å². The SMILES string of the molecule is O=C(NC(COCCCNc1nc2c([nH]1)CCCC2)(NS(=O)(=O)c1ccccc1)C(=O)O)c1ccno1. The van der Waals surface area contributed by atoms with E-state index in [1.165, 1.54) is 36.5 Å². The molecule has 1 unspecified atom stereocenters. The van der Waals surface area contributed by atoms with Gasteiger partial charge in [-0.2, -0.15) is 4.72 Å². The van der Waals surface area contributed by atoms with Gasteiger partial charge in [-0.3, -0.25) is 4.79 Å². The molecule has 3 aromatic rings. The number of aromatic nitrogens is 3. The summed E-state index contributed by atoms with van der Waals surface area (Å²) in [6.45, 7) is -0.135. The second-order valence-electron chi connectivity index (χ2n) is 8.51. The van der Waals surface area contributed by atoms with Crippen LogP contribution in [0.3, 0.4) is 0 Å². The molecule has 0 spiro atoms. The number of nitrogens with zero attached hydrogens (tertiary/aromatic N) is 2. The smallest absolute Gasteiger partial charge is 0.348 e. The Balaban J connectivity index is 1.40. The van der Waals surface area contributed by atoms with Crippen LogP contribution in [0.1, 0.15) is 41.2 Å². The van der Waals surface area contributed by atoms with Crippen LogP contribution in [-0.4, -0.2) is 65.9 Å². The molecule has 2 aromatic heterocycles. The van der Waals surface area contributed by atoms with Crippen LogP contribution >= 0.6 is 0 Å². The molecule has 0 aliphatic heterocycles. The van der Waals surface area contributed by atoms with Gasteiger partial charge in [0.15, 0.2) is 0 Å². The number of carbonyl (C=O) groups is 2. The molecule has 0 radical (unpaired) electrons. The van der Waals surface area contributed by atoms with Crippen LogP contribution in [0.4, 0.5) is 5.95 Å². The van der Waals surface area contributed by atoms with Crippen molar-refractivity contribution >= 4 is 27.8 Å². The lowest BCUT2D eigenvalue weighted by molar-refractivity contribution is -0.148. The number of hydrogen-bond acceptors (Lipinski definition) is 9. The van der Waals surface area contributed by atoms with Gasteiger partial charge in [-0.1, -0.05) is 23.4 Å². The maximum atomic E-state index is 13.0. The Bertz CT molecular complexity index is 1290. The standard InChI is InChI=1S/C23H28N6O7S/c30-20(19-11-13-25-36-19)28-23(21(31)32,29-37(33,34)16-7-2-1-3-8-16)15-35-14-6-12-24-22-26-17-9-4-5-10-18(17)27-22/h1-3,7-8,11,13,29H,4-6,9-10,12,14-15H2,(H,28,30)(H,31,32)(H2,24,26,27).